The third-order valence-electron chi connectivity index (χ3n) is 3.37. The molecule has 1 aromatic heterocycles. The zero-order valence-corrected chi connectivity index (χ0v) is 13.5. The number of anilines is 1. The summed E-state index contributed by atoms with van der Waals surface area (Å²) in [6, 6.07) is 11.9. The van der Waals surface area contributed by atoms with E-state index in [9.17, 15) is 4.79 Å². The first-order chi connectivity index (χ1) is 11.1. The zero-order valence-electron chi connectivity index (χ0n) is 13.5. The SMILES string of the molecule is CC(=NNC(=O)CCCNc1cccc(C)c1)c1ccncc1. The van der Waals surface area contributed by atoms with Crippen LogP contribution in [0.15, 0.2) is 53.9 Å². The lowest BCUT2D eigenvalue weighted by Gasteiger charge is -2.07. The van der Waals surface area contributed by atoms with Crippen LogP contribution in [0.2, 0.25) is 0 Å². The Balaban J connectivity index is 1.69. The number of aromatic nitrogens is 1. The van der Waals surface area contributed by atoms with E-state index >= 15 is 0 Å². The standard InChI is InChI=1S/C18H22N4O/c1-14-5-3-6-17(13-14)20-10-4-7-18(23)22-21-15(2)16-8-11-19-12-9-16/h3,5-6,8-9,11-13,20H,4,7,10H2,1-2H3,(H,22,23). The molecule has 0 fully saturated rings. The molecule has 2 rings (SSSR count). The van der Waals surface area contributed by atoms with E-state index in [2.05, 4.69) is 39.9 Å². The number of nitrogens with zero attached hydrogens (tertiary/aromatic N) is 2. The lowest BCUT2D eigenvalue weighted by Crippen LogP contribution is -2.20. The second kappa shape index (κ2) is 8.68. The number of hydrogen-bond acceptors (Lipinski definition) is 4. The number of rotatable bonds is 7. The Morgan fingerprint density at radius 1 is 1.22 bits per heavy atom. The summed E-state index contributed by atoms with van der Waals surface area (Å²) in [4.78, 5) is 15.7. The maximum absolute atomic E-state index is 11.8. The van der Waals surface area contributed by atoms with Crippen molar-refractivity contribution in [3.8, 4) is 0 Å². The number of aryl methyl sites for hydroxylation is 1. The molecule has 0 saturated heterocycles. The van der Waals surface area contributed by atoms with Gasteiger partial charge in [-0.25, -0.2) is 5.43 Å². The van der Waals surface area contributed by atoms with Gasteiger partial charge in [0.05, 0.1) is 5.71 Å². The van der Waals surface area contributed by atoms with Gasteiger partial charge in [-0.3, -0.25) is 9.78 Å². The van der Waals surface area contributed by atoms with E-state index in [0.717, 1.165) is 29.9 Å². The van der Waals surface area contributed by atoms with Crippen LogP contribution in [0.4, 0.5) is 5.69 Å². The fraction of sp³-hybridized carbons (Fsp3) is 0.278. The van der Waals surface area contributed by atoms with E-state index in [4.69, 9.17) is 0 Å². The van der Waals surface area contributed by atoms with Crippen molar-refractivity contribution in [2.45, 2.75) is 26.7 Å². The first-order valence-electron chi connectivity index (χ1n) is 7.69. The third kappa shape index (κ3) is 5.90. The average Bonchev–Trinajstić information content (AvgIpc) is 2.57. The van der Waals surface area contributed by atoms with Crippen molar-refractivity contribution in [2.24, 2.45) is 5.10 Å². The van der Waals surface area contributed by atoms with Crippen LogP contribution in [0.3, 0.4) is 0 Å². The lowest BCUT2D eigenvalue weighted by atomic mass is 10.2. The van der Waals surface area contributed by atoms with Crippen LogP contribution in [-0.4, -0.2) is 23.1 Å². The molecule has 0 radical (unpaired) electrons. The minimum Gasteiger partial charge on any atom is -0.385 e. The number of carbonyl (C=O) groups is 1. The van der Waals surface area contributed by atoms with Gasteiger partial charge in [0.25, 0.3) is 0 Å². The van der Waals surface area contributed by atoms with Crippen molar-refractivity contribution in [1.82, 2.24) is 10.4 Å². The molecule has 23 heavy (non-hydrogen) atoms. The summed E-state index contributed by atoms with van der Waals surface area (Å²) in [6.45, 7) is 4.67. The van der Waals surface area contributed by atoms with Crippen LogP contribution in [-0.2, 0) is 4.79 Å². The molecule has 5 heteroatoms. The number of amides is 1. The lowest BCUT2D eigenvalue weighted by molar-refractivity contribution is -0.121. The van der Waals surface area contributed by atoms with Gasteiger partial charge in [-0.2, -0.15) is 5.10 Å². The maximum atomic E-state index is 11.8. The van der Waals surface area contributed by atoms with Crippen LogP contribution in [0.25, 0.3) is 0 Å². The molecule has 0 aliphatic rings. The summed E-state index contributed by atoms with van der Waals surface area (Å²) in [5.74, 6) is -0.0792. The molecule has 0 aliphatic heterocycles. The number of benzene rings is 1. The Bertz CT molecular complexity index is 668. The highest BCUT2D eigenvalue weighted by Gasteiger charge is 2.01. The van der Waals surface area contributed by atoms with E-state index in [0.29, 0.717) is 6.42 Å². The predicted molar refractivity (Wildman–Crippen MR) is 93.5 cm³/mol. The molecule has 0 aliphatic carbocycles. The Labute approximate surface area is 136 Å². The topological polar surface area (TPSA) is 66.4 Å². The van der Waals surface area contributed by atoms with Crippen molar-refractivity contribution < 1.29 is 4.79 Å². The quantitative estimate of drug-likeness (QED) is 0.469. The normalized spacial score (nSPS) is 11.1. The molecule has 2 aromatic rings. The molecule has 1 heterocycles. The van der Waals surface area contributed by atoms with E-state index < -0.39 is 0 Å². The molecule has 5 nitrogen and oxygen atoms in total. The molecule has 0 saturated carbocycles. The van der Waals surface area contributed by atoms with Gasteiger partial charge in [0, 0.05) is 36.6 Å². The third-order valence-corrected chi connectivity index (χ3v) is 3.37. The molecule has 120 valence electrons. The van der Waals surface area contributed by atoms with Gasteiger partial charge >= 0.3 is 0 Å². The van der Waals surface area contributed by atoms with Crippen molar-refractivity contribution in [1.29, 1.82) is 0 Å². The molecule has 0 bridgehead atoms. The van der Waals surface area contributed by atoms with Gasteiger partial charge in [-0.15, -0.1) is 0 Å². The summed E-state index contributed by atoms with van der Waals surface area (Å²) in [7, 11) is 0. The van der Waals surface area contributed by atoms with Crippen molar-refractivity contribution in [3.63, 3.8) is 0 Å². The summed E-state index contributed by atoms with van der Waals surface area (Å²) in [5.41, 5.74) is 6.59. The van der Waals surface area contributed by atoms with E-state index in [1.165, 1.54) is 5.56 Å². The molecular formula is C18H22N4O. The fourth-order valence-corrected chi connectivity index (χ4v) is 2.10. The van der Waals surface area contributed by atoms with Crippen molar-refractivity contribution in [3.05, 3.63) is 59.9 Å². The smallest absolute Gasteiger partial charge is 0.240 e. The first-order valence-corrected chi connectivity index (χ1v) is 7.69. The molecular weight excluding hydrogens is 288 g/mol. The zero-order chi connectivity index (χ0) is 16.5. The second-order valence-corrected chi connectivity index (χ2v) is 5.37. The molecule has 0 unspecified atom stereocenters. The number of pyridine rings is 1. The number of hydrogen-bond donors (Lipinski definition) is 2. The van der Waals surface area contributed by atoms with Gasteiger partial charge in [0.2, 0.25) is 5.91 Å². The Kier molecular flexibility index (Phi) is 6.29. The average molecular weight is 310 g/mol. The maximum Gasteiger partial charge on any atom is 0.240 e. The summed E-state index contributed by atoms with van der Waals surface area (Å²) in [5, 5.41) is 7.42. The molecule has 1 amide bonds. The summed E-state index contributed by atoms with van der Waals surface area (Å²) in [6.07, 6.45) is 4.59. The van der Waals surface area contributed by atoms with Crippen LogP contribution in [0.1, 0.15) is 30.9 Å². The van der Waals surface area contributed by atoms with E-state index in [1.54, 1.807) is 12.4 Å². The van der Waals surface area contributed by atoms with Crippen LogP contribution in [0.5, 0.6) is 0 Å². The summed E-state index contributed by atoms with van der Waals surface area (Å²) < 4.78 is 0. The highest BCUT2D eigenvalue weighted by Crippen LogP contribution is 2.09. The Morgan fingerprint density at radius 3 is 2.74 bits per heavy atom. The van der Waals surface area contributed by atoms with Crippen molar-refractivity contribution >= 4 is 17.3 Å². The fourth-order valence-electron chi connectivity index (χ4n) is 2.10. The number of carbonyl (C=O) groups excluding carboxylic acids is 1. The minimum atomic E-state index is -0.0792. The van der Waals surface area contributed by atoms with Crippen molar-refractivity contribution in [2.75, 3.05) is 11.9 Å². The monoisotopic (exact) mass is 310 g/mol. The Morgan fingerprint density at radius 2 is 2.00 bits per heavy atom. The van der Waals surface area contributed by atoms with E-state index in [-0.39, 0.29) is 5.91 Å². The number of hydrazone groups is 1. The molecule has 1 aromatic carbocycles. The van der Waals surface area contributed by atoms with Gasteiger partial charge in [0.15, 0.2) is 0 Å². The Hall–Kier alpha value is -2.69. The summed E-state index contributed by atoms with van der Waals surface area (Å²) >= 11 is 0. The van der Waals surface area contributed by atoms with Crippen LogP contribution >= 0.6 is 0 Å². The minimum absolute atomic E-state index is 0.0792. The van der Waals surface area contributed by atoms with Crippen LogP contribution < -0.4 is 10.7 Å². The van der Waals surface area contributed by atoms with Crippen LogP contribution in [0, 0.1) is 6.92 Å². The second-order valence-electron chi connectivity index (χ2n) is 5.37. The largest absolute Gasteiger partial charge is 0.385 e. The highest BCUT2D eigenvalue weighted by atomic mass is 16.2. The predicted octanol–water partition coefficient (Wildman–Crippen LogP) is 3.12. The molecule has 2 N–H and O–H groups in total. The van der Waals surface area contributed by atoms with Gasteiger partial charge in [-0.1, -0.05) is 12.1 Å². The highest BCUT2D eigenvalue weighted by molar-refractivity contribution is 5.99. The van der Waals surface area contributed by atoms with Gasteiger partial charge < -0.3 is 5.32 Å². The molecule has 0 atom stereocenters. The number of nitrogens with one attached hydrogen (secondary N) is 2. The van der Waals surface area contributed by atoms with Gasteiger partial charge in [-0.05, 0) is 50.1 Å². The molecule has 0 spiro atoms. The van der Waals surface area contributed by atoms with Gasteiger partial charge in [0.1, 0.15) is 0 Å². The van der Waals surface area contributed by atoms with E-state index in [1.807, 2.05) is 31.2 Å². The first kappa shape index (κ1) is 16.7.